The predicted molar refractivity (Wildman–Crippen MR) is 101 cm³/mol. The summed E-state index contributed by atoms with van der Waals surface area (Å²) in [5.41, 5.74) is 1.39. The normalized spacial score (nSPS) is 12.7. The van der Waals surface area contributed by atoms with Gasteiger partial charge < -0.3 is 10.1 Å². The number of aryl methyl sites for hydroxylation is 1. The highest BCUT2D eigenvalue weighted by Crippen LogP contribution is 2.23. The Bertz CT molecular complexity index is 912. The van der Waals surface area contributed by atoms with Crippen molar-refractivity contribution >= 4 is 15.9 Å². The highest BCUT2D eigenvalue weighted by molar-refractivity contribution is 7.89. The molecule has 2 aromatic carbocycles. The number of hydrogen-bond acceptors (Lipinski definition) is 4. The number of benzene rings is 2. The number of hydrogen-bond donors (Lipinski definition) is 1. The number of sulfonamides is 1. The zero-order chi connectivity index (χ0) is 20.2. The second-order valence-corrected chi connectivity index (χ2v) is 8.50. The summed E-state index contributed by atoms with van der Waals surface area (Å²) in [6, 6.07) is 10.1. The molecular formula is C19H23FN2O4S. The van der Waals surface area contributed by atoms with Crippen LogP contribution in [-0.4, -0.2) is 39.3 Å². The lowest BCUT2D eigenvalue weighted by Gasteiger charge is -2.16. The molecule has 1 amide bonds. The SMILES string of the molecule is Cc1cc(S(=O)(=O)N(C)C)ccc1OCC(=O)N[C@H](C)c1ccc(F)cc1. The van der Waals surface area contributed by atoms with Gasteiger partial charge in [0.05, 0.1) is 10.9 Å². The highest BCUT2D eigenvalue weighted by atomic mass is 32.2. The number of nitrogens with zero attached hydrogens (tertiary/aromatic N) is 1. The topological polar surface area (TPSA) is 75.7 Å². The first-order valence-electron chi connectivity index (χ1n) is 8.32. The molecule has 0 bridgehead atoms. The van der Waals surface area contributed by atoms with E-state index in [9.17, 15) is 17.6 Å². The molecule has 0 spiro atoms. The van der Waals surface area contributed by atoms with E-state index in [0.29, 0.717) is 11.3 Å². The Labute approximate surface area is 159 Å². The lowest BCUT2D eigenvalue weighted by molar-refractivity contribution is -0.123. The third-order valence-electron chi connectivity index (χ3n) is 4.03. The standard InChI is InChI=1S/C19H23FN2O4S/c1-13-11-17(27(24,25)22(3)4)9-10-18(13)26-12-19(23)21-14(2)15-5-7-16(20)8-6-15/h5-11,14H,12H2,1-4H3,(H,21,23)/t14-/m1/s1. The van der Waals surface area contributed by atoms with Crippen molar-refractivity contribution in [3.8, 4) is 5.75 Å². The minimum absolute atomic E-state index is 0.159. The molecule has 146 valence electrons. The number of ether oxygens (including phenoxy) is 1. The average molecular weight is 394 g/mol. The first-order valence-corrected chi connectivity index (χ1v) is 9.76. The number of halogens is 1. The second-order valence-electron chi connectivity index (χ2n) is 6.34. The van der Waals surface area contributed by atoms with E-state index in [1.807, 2.05) is 0 Å². The number of rotatable bonds is 7. The smallest absolute Gasteiger partial charge is 0.258 e. The van der Waals surface area contributed by atoms with Crippen LogP contribution in [0.3, 0.4) is 0 Å². The van der Waals surface area contributed by atoms with Gasteiger partial charge in [-0.15, -0.1) is 0 Å². The molecule has 0 aliphatic rings. The van der Waals surface area contributed by atoms with Crippen LogP contribution < -0.4 is 10.1 Å². The van der Waals surface area contributed by atoms with Gasteiger partial charge in [0.1, 0.15) is 11.6 Å². The van der Waals surface area contributed by atoms with E-state index in [1.165, 1.54) is 44.4 Å². The van der Waals surface area contributed by atoms with Crippen molar-refractivity contribution in [2.45, 2.75) is 24.8 Å². The molecule has 6 nitrogen and oxygen atoms in total. The maximum absolute atomic E-state index is 13.0. The Morgan fingerprint density at radius 3 is 2.37 bits per heavy atom. The first-order chi connectivity index (χ1) is 12.6. The molecule has 0 saturated heterocycles. The first kappa shape index (κ1) is 20.9. The van der Waals surface area contributed by atoms with Crippen LogP contribution in [0.2, 0.25) is 0 Å². The van der Waals surface area contributed by atoms with E-state index < -0.39 is 10.0 Å². The van der Waals surface area contributed by atoms with E-state index >= 15 is 0 Å². The van der Waals surface area contributed by atoms with E-state index in [-0.39, 0.29) is 29.3 Å². The zero-order valence-electron chi connectivity index (χ0n) is 15.7. The molecule has 27 heavy (non-hydrogen) atoms. The van der Waals surface area contributed by atoms with Crippen LogP contribution in [0.4, 0.5) is 4.39 Å². The summed E-state index contributed by atoms with van der Waals surface area (Å²) < 4.78 is 43.9. The molecule has 0 aliphatic heterocycles. The summed E-state index contributed by atoms with van der Waals surface area (Å²) in [4.78, 5) is 12.2. The van der Waals surface area contributed by atoms with E-state index in [4.69, 9.17) is 4.74 Å². The Balaban J connectivity index is 1.98. The van der Waals surface area contributed by atoms with Crippen LogP contribution in [0.25, 0.3) is 0 Å². The van der Waals surface area contributed by atoms with Crippen LogP contribution in [0, 0.1) is 12.7 Å². The molecule has 2 aromatic rings. The molecule has 0 aromatic heterocycles. The lowest BCUT2D eigenvalue weighted by Crippen LogP contribution is -2.31. The lowest BCUT2D eigenvalue weighted by atomic mass is 10.1. The molecule has 0 heterocycles. The minimum Gasteiger partial charge on any atom is -0.484 e. The van der Waals surface area contributed by atoms with Gasteiger partial charge in [0, 0.05) is 14.1 Å². The fourth-order valence-electron chi connectivity index (χ4n) is 2.42. The van der Waals surface area contributed by atoms with Gasteiger partial charge in [0.2, 0.25) is 10.0 Å². The Kier molecular flexibility index (Phi) is 6.56. The highest BCUT2D eigenvalue weighted by Gasteiger charge is 2.18. The summed E-state index contributed by atoms with van der Waals surface area (Å²) in [6.07, 6.45) is 0. The largest absolute Gasteiger partial charge is 0.484 e. The summed E-state index contributed by atoms with van der Waals surface area (Å²) in [7, 11) is -0.605. The molecule has 1 N–H and O–H groups in total. The molecule has 0 unspecified atom stereocenters. The quantitative estimate of drug-likeness (QED) is 0.783. The number of nitrogens with one attached hydrogen (secondary N) is 1. The molecular weight excluding hydrogens is 371 g/mol. The van der Waals surface area contributed by atoms with E-state index in [0.717, 1.165) is 9.87 Å². The average Bonchev–Trinajstić information content (AvgIpc) is 2.60. The molecule has 0 aliphatic carbocycles. The Morgan fingerprint density at radius 2 is 1.81 bits per heavy atom. The van der Waals surface area contributed by atoms with Crippen LogP contribution >= 0.6 is 0 Å². The molecule has 2 rings (SSSR count). The van der Waals surface area contributed by atoms with Gasteiger partial charge in [-0.05, 0) is 55.3 Å². The molecule has 0 saturated carbocycles. The number of amides is 1. The monoisotopic (exact) mass is 394 g/mol. The predicted octanol–water partition coefficient (Wildman–Crippen LogP) is 2.64. The fraction of sp³-hybridized carbons (Fsp3) is 0.316. The van der Waals surface area contributed by atoms with Crippen LogP contribution in [-0.2, 0) is 14.8 Å². The van der Waals surface area contributed by atoms with Gasteiger partial charge in [-0.3, -0.25) is 4.79 Å². The van der Waals surface area contributed by atoms with E-state index in [2.05, 4.69) is 5.32 Å². The number of carbonyl (C=O) groups is 1. The molecule has 1 atom stereocenters. The Morgan fingerprint density at radius 1 is 1.19 bits per heavy atom. The maximum Gasteiger partial charge on any atom is 0.258 e. The second kappa shape index (κ2) is 8.49. The summed E-state index contributed by atoms with van der Waals surface area (Å²) in [5, 5.41) is 2.77. The molecule has 8 heteroatoms. The fourth-order valence-corrected chi connectivity index (χ4v) is 3.40. The summed E-state index contributed by atoms with van der Waals surface area (Å²) >= 11 is 0. The zero-order valence-corrected chi connectivity index (χ0v) is 16.5. The third-order valence-corrected chi connectivity index (χ3v) is 5.84. The maximum atomic E-state index is 13.0. The van der Waals surface area contributed by atoms with Crippen molar-refractivity contribution in [1.29, 1.82) is 0 Å². The van der Waals surface area contributed by atoms with Gasteiger partial charge in [-0.2, -0.15) is 0 Å². The minimum atomic E-state index is -3.53. The summed E-state index contributed by atoms with van der Waals surface area (Å²) in [6.45, 7) is 3.28. The van der Waals surface area contributed by atoms with Gasteiger partial charge in [-0.25, -0.2) is 17.1 Å². The van der Waals surface area contributed by atoms with Crippen molar-refractivity contribution in [2.24, 2.45) is 0 Å². The van der Waals surface area contributed by atoms with Crippen molar-refractivity contribution in [3.63, 3.8) is 0 Å². The van der Waals surface area contributed by atoms with Crippen LogP contribution in [0.1, 0.15) is 24.1 Å². The van der Waals surface area contributed by atoms with Crippen LogP contribution in [0.5, 0.6) is 5.75 Å². The van der Waals surface area contributed by atoms with Crippen molar-refractivity contribution in [1.82, 2.24) is 9.62 Å². The van der Waals surface area contributed by atoms with Crippen LogP contribution in [0.15, 0.2) is 47.4 Å². The molecule has 0 fully saturated rings. The van der Waals surface area contributed by atoms with Crippen molar-refractivity contribution in [2.75, 3.05) is 20.7 Å². The number of carbonyl (C=O) groups excluding carboxylic acids is 1. The summed E-state index contributed by atoms with van der Waals surface area (Å²) in [5.74, 6) is -0.246. The van der Waals surface area contributed by atoms with Gasteiger partial charge in [0.25, 0.3) is 5.91 Å². The van der Waals surface area contributed by atoms with Gasteiger partial charge in [-0.1, -0.05) is 12.1 Å². The van der Waals surface area contributed by atoms with Crippen molar-refractivity contribution in [3.05, 3.63) is 59.4 Å². The molecule has 0 radical (unpaired) electrons. The van der Waals surface area contributed by atoms with Gasteiger partial charge >= 0.3 is 0 Å². The van der Waals surface area contributed by atoms with E-state index in [1.54, 1.807) is 26.0 Å². The van der Waals surface area contributed by atoms with Crippen molar-refractivity contribution < 1.29 is 22.3 Å². The third kappa shape index (κ3) is 5.27. The Hall–Kier alpha value is -2.45. The van der Waals surface area contributed by atoms with Gasteiger partial charge in [0.15, 0.2) is 6.61 Å².